The summed E-state index contributed by atoms with van der Waals surface area (Å²) < 4.78 is 28.3. The Kier molecular flexibility index (Phi) is 10.5. The quantitative estimate of drug-likeness (QED) is 0.227. The maximum Gasteiger partial charge on any atom is 0.269 e. The van der Waals surface area contributed by atoms with E-state index in [1.54, 1.807) is 50.2 Å². The van der Waals surface area contributed by atoms with E-state index >= 15 is 0 Å². The van der Waals surface area contributed by atoms with Crippen molar-refractivity contribution in [3.8, 4) is 0 Å². The highest BCUT2D eigenvalue weighted by Gasteiger charge is 2.33. The topological polar surface area (TPSA) is 130 Å². The molecule has 2 amide bonds. The summed E-state index contributed by atoms with van der Waals surface area (Å²) in [5.74, 6) is -1.06. The van der Waals surface area contributed by atoms with E-state index in [9.17, 15) is 28.1 Å². The molecule has 1 N–H and O–H groups in total. The SMILES string of the molecule is CCNC(=O)[C@H](CC)N(Cc1ccc(Cl)c(Cl)c1)C(=O)CN(c1ccc([N+](=O)[O-])cc1)S(=O)(=O)c1ccccc1. The van der Waals surface area contributed by atoms with Gasteiger partial charge in [-0.1, -0.05) is 54.4 Å². The summed E-state index contributed by atoms with van der Waals surface area (Å²) in [6, 6.07) is 16.2. The van der Waals surface area contributed by atoms with Gasteiger partial charge in [0, 0.05) is 25.2 Å². The van der Waals surface area contributed by atoms with Gasteiger partial charge >= 0.3 is 0 Å². The van der Waals surface area contributed by atoms with Crippen LogP contribution in [0, 0.1) is 10.1 Å². The number of likely N-dealkylation sites (N-methyl/N-ethyl adjacent to an activating group) is 1. The summed E-state index contributed by atoms with van der Waals surface area (Å²) in [7, 11) is -4.29. The lowest BCUT2D eigenvalue weighted by Crippen LogP contribution is -2.52. The third kappa shape index (κ3) is 7.29. The predicted octanol–water partition coefficient (Wildman–Crippen LogP) is 5.04. The first-order chi connectivity index (χ1) is 19.0. The molecule has 0 bridgehead atoms. The second-order valence-electron chi connectivity index (χ2n) is 8.69. The first-order valence-electron chi connectivity index (χ1n) is 12.3. The Morgan fingerprint density at radius 3 is 2.17 bits per heavy atom. The van der Waals surface area contributed by atoms with Crippen molar-refractivity contribution in [2.24, 2.45) is 0 Å². The molecule has 3 aromatic rings. The number of nitro benzene ring substituents is 1. The smallest absolute Gasteiger partial charge is 0.269 e. The highest BCUT2D eigenvalue weighted by Crippen LogP contribution is 2.28. The summed E-state index contributed by atoms with van der Waals surface area (Å²) in [6.45, 7) is 3.10. The van der Waals surface area contributed by atoms with E-state index in [-0.39, 0.29) is 34.3 Å². The molecule has 0 heterocycles. The molecule has 0 saturated heterocycles. The summed E-state index contributed by atoms with van der Waals surface area (Å²) in [5.41, 5.74) is 0.386. The van der Waals surface area contributed by atoms with Crippen molar-refractivity contribution in [2.45, 2.75) is 37.8 Å². The molecule has 10 nitrogen and oxygen atoms in total. The highest BCUT2D eigenvalue weighted by molar-refractivity contribution is 7.92. The van der Waals surface area contributed by atoms with Gasteiger partial charge in [-0.3, -0.25) is 24.0 Å². The number of sulfonamides is 1. The van der Waals surface area contributed by atoms with Crippen molar-refractivity contribution in [1.82, 2.24) is 10.2 Å². The normalized spacial score (nSPS) is 11.9. The van der Waals surface area contributed by atoms with Crippen LogP contribution in [0.5, 0.6) is 0 Å². The molecule has 13 heteroatoms. The van der Waals surface area contributed by atoms with Gasteiger partial charge in [-0.15, -0.1) is 0 Å². The van der Waals surface area contributed by atoms with Crippen LogP contribution < -0.4 is 9.62 Å². The number of hydrogen-bond donors (Lipinski definition) is 1. The van der Waals surface area contributed by atoms with E-state index in [1.807, 2.05) is 0 Å². The molecule has 0 aliphatic rings. The van der Waals surface area contributed by atoms with Crippen LogP contribution in [0.2, 0.25) is 10.0 Å². The number of halogens is 2. The van der Waals surface area contributed by atoms with Gasteiger partial charge in [0.15, 0.2) is 0 Å². The zero-order valence-electron chi connectivity index (χ0n) is 21.8. The number of amides is 2. The van der Waals surface area contributed by atoms with Crippen LogP contribution in [0.3, 0.4) is 0 Å². The molecule has 212 valence electrons. The number of carbonyl (C=O) groups excluding carboxylic acids is 2. The van der Waals surface area contributed by atoms with Crippen molar-refractivity contribution in [3.63, 3.8) is 0 Å². The van der Waals surface area contributed by atoms with E-state index < -0.39 is 39.3 Å². The van der Waals surface area contributed by atoms with Gasteiger partial charge in [0.1, 0.15) is 12.6 Å². The fourth-order valence-electron chi connectivity index (χ4n) is 4.04. The highest BCUT2D eigenvalue weighted by atomic mass is 35.5. The zero-order valence-corrected chi connectivity index (χ0v) is 24.1. The number of nitro groups is 1. The number of nitrogens with one attached hydrogen (secondary N) is 1. The molecular weight excluding hydrogens is 579 g/mol. The van der Waals surface area contributed by atoms with Gasteiger partial charge in [0.2, 0.25) is 11.8 Å². The molecule has 3 rings (SSSR count). The lowest BCUT2D eigenvalue weighted by molar-refractivity contribution is -0.384. The van der Waals surface area contributed by atoms with Crippen molar-refractivity contribution >= 4 is 56.4 Å². The number of hydrogen-bond acceptors (Lipinski definition) is 6. The molecule has 1 atom stereocenters. The molecule has 0 unspecified atom stereocenters. The van der Waals surface area contributed by atoms with Crippen molar-refractivity contribution < 1.29 is 22.9 Å². The number of non-ortho nitro benzene ring substituents is 1. The maximum absolute atomic E-state index is 13.9. The number of carbonyl (C=O) groups is 2. The molecule has 0 saturated carbocycles. The minimum atomic E-state index is -4.29. The standard InChI is InChI=1S/C27H28Cl2N4O6S/c1-3-25(27(35)30-4-2)31(17-19-10-15-23(28)24(29)16-19)26(34)18-32(20-11-13-21(14-12-20)33(36)37)40(38,39)22-8-6-5-7-9-22/h5-16,25H,3-4,17-18H2,1-2H3,(H,30,35)/t25-/m0/s1. The average Bonchev–Trinajstić information content (AvgIpc) is 2.94. The lowest BCUT2D eigenvalue weighted by Gasteiger charge is -2.33. The Balaban J connectivity index is 2.08. The van der Waals surface area contributed by atoms with Gasteiger partial charge in [-0.2, -0.15) is 0 Å². The van der Waals surface area contributed by atoms with Crippen LogP contribution >= 0.6 is 23.2 Å². The van der Waals surface area contributed by atoms with Gasteiger partial charge < -0.3 is 10.2 Å². The summed E-state index contributed by atoms with van der Waals surface area (Å²) in [4.78, 5) is 38.7. The summed E-state index contributed by atoms with van der Waals surface area (Å²) in [5, 5.41) is 14.5. The van der Waals surface area contributed by atoms with Gasteiger partial charge in [0.25, 0.3) is 15.7 Å². The molecule has 0 aliphatic heterocycles. The third-order valence-corrected chi connectivity index (χ3v) is 8.56. The van der Waals surface area contributed by atoms with Gasteiger partial charge in [0.05, 0.1) is 25.6 Å². The molecular formula is C27H28Cl2N4O6S. The van der Waals surface area contributed by atoms with Crippen LogP contribution in [-0.4, -0.2) is 49.2 Å². The minimum absolute atomic E-state index is 0.0448. The Morgan fingerprint density at radius 1 is 0.975 bits per heavy atom. The Hall–Kier alpha value is -3.67. The maximum atomic E-state index is 13.9. The van der Waals surface area contributed by atoms with E-state index in [2.05, 4.69) is 5.32 Å². The van der Waals surface area contributed by atoms with Gasteiger partial charge in [-0.05, 0) is 55.3 Å². The fraction of sp³-hybridized carbons (Fsp3) is 0.259. The second kappa shape index (κ2) is 13.6. The second-order valence-corrected chi connectivity index (χ2v) is 11.4. The van der Waals surface area contributed by atoms with Crippen LogP contribution in [0.4, 0.5) is 11.4 Å². The van der Waals surface area contributed by atoms with Crippen LogP contribution in [0.15, 0.2) is 77.7 Å². The van der Waals surface area contributed by atoms with Crippen molar-refractivity contribution in [3.05, 3.63) is 98.5 Å². The first kappa shape index (κ1) is 30.9. The van der Waals surface area contributed by atoms with Crippen molar-refractivity contribution in [1.29, 1.82) is 0 Å². The number of nitrogens with zero attached hydrogens (tertiary/aromatic N) is 3. The Morgan fingerprint density at radius 2 is 1.62 bits per heavy atom. The van der Waals surface area contributed by atoms with E-state index in [0.717, 1.165) is 16.4 Å². The minimum Gasteiger partial charge on any atom is -0.355 e. The summed E-state index contributed by atoms with van der Waals surface area (Å²) in [6.07, 6.45) is 0.252. The van der Waals surface area contributed by atoms with Crippen molar-refractivity contribution in [2.75, 3.05) is 17.4 Å². The largest absolute Gasteiger partial charge is 0.355 e. The Labute approximate surface area is 242 Å². The lowest BCUT2D eigenvalue weighted by atomic mass is 10.1. The van der Waals surface area contributed by atoms with Crippen LogP contribution in [0.1, 0.15) is 25.8 Å². The van der Waals surface area contributed by atoms with Crippen LogP contribution in [0.25, 0.3) is 0 Å². The van der Waals surface area contributed by atoms with Crippen LogP contribution in [-0.2, 0) is 26.2 Å². The number of benzene rings is 3. The fourth-order valence-corrected chi connectivity index (χ4v) is 5.79. The van der Waals surface area contributed by atoms with E-state index in [1.165, 1.54) is 29.2 Å². The summed E-state index contributed by atoms with van der Waals surface area (Å²) >= 11 is 12.2. The van der Waals surface area contributed by atoms with Gasteiger partial charge in [-0.25, -0.2) is 8.42 Å². The molecule has 40 heavy (non-hydrogen) atoms. The molecule has 0 spiro atoms. The molecule has 0 aliphatic carbocycles. The third-order valence-electron chi connectivity index (χ3n) is 6.03. The van der Waals surface area contributed by atoms with E-state index in [4.69, 9.17) is 23.2 Å². The monoisotopic (exact) mass is 606 g/mol. The number of anilines is 1. The molecule has 0 radical (unpaired) electrons. The average molecular weight is 608 g/mol. The Bertz CT molecular complexity index is 1470. The predicted molar refractivity (Wildman–Crippen MR) is 154 cm³/mol. The zero-order chi connectivity index (χ0) is 29.4. The first-order valence-corrected chi connectivity index (χ1v) is 14.5. The van der Waals surface area contributed by atoms with E-state index in [0.29, 0.717) is 17.1 Å². The number of rotatable bonds is 12. The molecule has 0 aromatic heterocycles. The molecule has 3 aromatic carbocycles. The molecule has 0 fully saturated rings.